The largest absolute Gasteiger partial charge is 1.00 e. The molecule has 0 saturated carbocycles. The SMILES string of the molecule is Cc1cc2c(Br)cccc2[cH-]1.Cc1cc2c(Br)cccc2[cH-]1.[CH3][Ge]([CH3])=[Zr+2].[Cl-].[Cl-]. The van der Waals surface area contributed by atoms with Gasteiger partial charge in [0.2, 0.25) is 0 Å². The molecule has 4 aromatic carbocycles. The Kier molecular flexibility index (Phi) is 14.1. The van der Waals surface area contributed by atoms with Gasteiger partial charge < -0.3 is 24.8 Å². The molecule has 0 unspecified atom stereocenters. The summed E-state index contributed by atoms with van der Waals surface area (Å²) in [7, 11) is -0.243. The number of fused-ring (bicyclic) bond motifs is 2. The van der Waals surface area contributed by atoms with Gasteiger partial charge in [0.05, 0.1) is 0 Å². The second-order valence-electron chi connectivity index (χ2n) is 6.55. The predicted molar refractivity (Wildman–Crippen MR) is 121 cm³/mol. The summed E-state index contributed by atoms with van der Waals surface area (Å²) in [4.78, 5) is 0. The van der Waals surface area contributed by atoms with Crippen LogP contribution in [0.1, 0.15) is 11.1 Å². The van der Waals surface area contributed by atoms with E-state index in [1.165, 1.54) is 41.6 Å². The molecular weight excluding hydrogens is 659 g/mol. The summed E-state index contributed by atoms with van der Waals surface area (Å²) in [6, 6.07) is 21.3. The van der Waals surface area contributed by atoms with Crippen LogP contribution in [0.2, 0.25) is 11.5 Å². The van der Waals surface area contributed by atoms with Gasteiger partial charge in [-0.25, -0.2) is 0 Å². The second kappa shape index (κ2) is 13.8. The third kappa shape index (κ3) is 8.78. The summed E-state index contributed by atoms with van der Waals surface area (Å²) in [6.07, 6.45) is 0. The van der Waals surface area contributed by atoms with Crippen molar-refractivity contribution in [2.24, 2.45) is 0 Å². The molecule has 0 aliphatic rings. The van der Waals surface area contributed by atoms with Crippen molar-refractivity contribution >= 4 is 63.4 Å². The average molecular weight is 681 g/mol. The monoisotopic (exact) mass is 678 g/mol. The van der Waals surface area contributed by atoms with E-state index in [4.69, 9.17) is 0 Å². The van der Waals surface area contributed by atoms with E-state index in [-0.39, 0.29) is 34.8 Å². The first-order valence-electron chi connectivity index (χ1n) is 8.43. The number of hydrogen-bond acceptors (Lipinski definition) is 0. The van der Waals surface area contributed by atoms with Gasteiger partial charge in [0, 0.05) is 0 Å². The summed E-state index contributed by atoms with van der Waals surface area (Å²) >= 11 is 8.82. The molecule has 0 atom stereocenters. The van der Waals surface area contributed by atoms with E-state index in [2.05, 4.69) is 118 Å². The van der Waals surface area contributed by atoms with E-state index in [1.54, 1.807) is 21.6 Å². The summed E-state index contributed by atoms with van der Waals surface area (Å²) in [5, 5.41) is 5.25. The van der Waals surface area contributed by atoms with Crippen molar-refractivity contribution < 1.29 is 46.4 Å². The van der Waals surface area contributed by atoms with Crippen molar-refractivity contribution in [1.82, 2.24) is 0 Å². The quantitative estimate of drug-likeness (QED) is 0.197. The van der Waals surface area contributed by atoms with Crippen LogP contribution in [0, 0.1) is 13.8 Å². The Hall–Kier alpha value is 0.626. The van der Waals surface area contributed by atoms with Gasteiger partial charge >= 0.3 is 43.1 Å². The smallest absolute Gasteiger partial charge is 1.00 e. The van der Waals surface area contributed by atoms with Crippen molar-refractivity contribution in [3.05, 3.63) is 80.7 Å². The summed E-state index contributed by atoms with van der Waals surface area (Å²) in [5.41, 5.74) is 2.65. The number of hydrogen-bond donors (Lipinski definition) is 0. The minimum absolute atomic E-state index is 0. The van der Waals surface area contributed by atoms with E-state index in [9.17, 15) is 0 Å². The fourth-order valence-corrected chi connectivity index (χ4v) is 3.68. The molecule has 0 fully saturated rings. The van der Waals surface area contributed by atoms with Crippen LogP contribution in [0.25, 0.3) is 21.5 Å². The number of benzene rings is 2. The van der Waals surface area contributed by atoms with Gasteiger partial charge in [-0.2, -0.15) is 12.1 Å². The zero-order chi connectivity index (χ0) is 19.3. The molecular formula is C22H22Br2Cl2GeZr-2. The Labute approximate surface area is 213 Å². The van der Waals surface area contributed by atoms with Crippen molar-refractivity contribution in [1.29, 1.82) is 0 Å². The first-order valence-corrected chi connectivity index (χ1v) is 21.6. The molecule has 148 valence electrons. The van der Waals surface area contributed by atoms with Crippen LogP contribution in [0.15, 0.2) is 69.6 Å². The van der Waals surface area contributed by atoms with Gasteiger partial charge in [0.25, 0.3) is 0 Å². The Morgan fingerprint density at radius 3 is 1.36 bits per heavy atom. The Morgan fingerprint density at radius 1 is 0.750 bits per heavy atom. The van der Waals surface area contributed by atoms with Gasteiger partial charge in [-0.15, -0.1) is 69.1 Å². The summed E-state index contributed by atoms with van der Waals surface area (Å²) in [5.74, 6) is 4.75. The normalized spacial score (nSPS) is 9.43. The number of halogens is 4. The summed E-state index contributed by atoms with van der Waals surface area (Å²) < 4.78 is 2.37. The van der Waals surface area contributed by atoms with Gasteiger partial charge in [-0.3, -0.25) is 0 Å². The molecule has 0 saturated heterocycles. The van der Waals surface area contributed by atoms with Crippen LogP contribution in [-0.4, -0.2) is 9.98 Å². The van der Waals surface area contributed by atoms with E-state index in [1.807, 2.05) is 0 Å². The summed E-state index contributed by atoms with van der Waals surface area (Å²) in [6.45, 7) is 4.24. The van der Waals surface area contributed by atoms with E-state index < -0.39 is 0 Å². The number of rotatable bonds is 0. The third-order valence-corrected chi connectivity index (χ3v) is 5.07. The molecule has 6 heteroatoms. The van der Waals surface area contributed by atoms with Crippen molar-refractivity contribution in [2.75, 3.05) is 0 Å². The maximum absolute atomic E-state index is 3.51. The molecule has 4 aromatic rings. The average Bonchev–Trinajstić information content (AvgIpc) is 3.11. The molecule has 0 aromatic heterocycles. The fraction of sp³-hybridized carbons (Fsp3) is 0.182. The molecule has 28 heavy (non-hydrogen) atoms. The van der Waals surface area contributed by atoms with Crippen molar-refractivity contribution in [2.45, 2.75) is 25.4 Å². The molecule has 0 aliphatic heterocycles. The molecule has 4 rings (SSSR count). The van der Waals surface area contributed by atoms with E-state index in [0.717, 1.165) is 0 Å². The van der Waals surface area contributed by atoms with Crippen LogP contribution in [0.4, 0.5) is 0 Å². The third-order valence-electron chi connectivity index (χ3n) is 3.68. The molecule has 0 aliphatic carbocycles. The fourth-order valence-electron chi connectivity index (χ4n) is 2.69. The van der Waals surface area contributed by atoms with Gasteiger partial charge in [0.15, 0.2) is 0 Å². The van der Waals surface area contributed by atoms with E-state index in [0.29, 0.717) is 0 Å². The Bertz CT molecular complexity index is 956. The molecule has 0 bridgehead atoms. The topological polar surface area (TPSA) is 0 Å². The maximum Gasteiger partial charge on any atom is -1.00 e. The van der Waals surface area contributed by atoms with Crippen LogP contribution in [0.5, 0.6) is 0 Å². The molecule has 0 radical (unpaired) electrons. The standard InChI is InChI=1S/2C10H8Br.C2H6Ge.2ClH.Zr/c2*1-7-5-8-3-2-4-10(11)9(8)6-7;1-3-2;;;/h2*2-6H,1H3;1-2H3;2*1H;/q2*-1;;;;+2/p-2. The van der Waals surface area contributed by atoms with Crippen molar-refractivity contribution in [3.63, 3.8) is 0 Å². The second-order valence-corrected chi connectivity index (χ2v) is 25.2. The molecule has 0 spiro atoms. The Balaban J connectivity index is 0.000000415. The van der Waals surface area contributed by atoms with Crippen LogP contribution in [0.3, 0.4) is 0 Å². The zero-order valence-electron chi connectivity index (χ0n) is 16.3. The molecule has 0 amide bonds. The first-order chi connectivity index (χ1) is 12.3. The maximum atomic E-state index is 3.51. The van der Waals surface area contributed by atoms with E-state index >= 15 is 0 Å². The first kappa shape index (κ1) is 28.6. The predicted octanol–water partition coefficient (Wildman–Crippen LogP) is 2.05. The van der Waals surface area contributed by atoms with Crippen molar-refractivity contribution in [3.8, 4) is 0 Å². The number of aryl methyl sites for hydroxylation is 2. The van der Waals surface area contributed by atoms with Gasteiger partial charge in [-0.1, -0.05) is 57.8 Å². The molecule has 0 N–H and O–H groups in total. The minimum Gasteiger partial charge on any atom is -1.00 e. The minimum atomic E-state index is -0.243. The Morgan fingerprint density at radius 2 is 1.07 bits per heavy atom. The van der Waals surface area contributed by atoms with Gasteiger partial charge in [-0.05, 0) is 8.95 Å². The van der Waals surface area contributed by atoms with Crippen LogP contribution >= 0.6 is 31.9 Å². The molecule has 0 heterocycles. The zero-order valence-corrected chi connectivity index (χ0v) is 25.5. The molecule has 0 nitrogen and oxygen atoms in total. The van der Waals surface area contributed by atoms with Gasteiger partial charge in [0.1, 0.15) is 0 Å². The van der Waals surface area contributed by atoms with Crippen LogP contribution in [-0.2, 0) is 21.6 Å². The van der Waals surface area contributed by atoms with Crippen LogP contribution < -0.4 is 24.8 Å².